The van der Waals surface area contributed by atoms with Gasteiger partial charge in [-0.15, -0.1) is 11.6 Å². The molecule has 5 heteroatoms. The van der Waals surface area contributed by atoms with Gasteiger partial charge in [0.25, 0.3) is 0 Å². The molecule has 19 heavy (non-hydrogen) atoms. The Balaban J connectivity index is 2.30. The molecule has 2 rings (SSSR count). The van der Waals surface area contributed by atoms with Crippen molar-refractivity contribution in [1.29, 1.82) is 0 Å². The first-order valence-electron chi connectivity index (χ1n) is 5.37. The molecule has 0 aliphatic rings. The molecule has 0 aliphatic heterocycles. The fraction of sp³-hybridized carbons (Fsp3) is 0.0714. The second-order valence-corrected chi connectivity index (χ2v) is 6.20. The highest BCUT2D eigenvalue weighted by Crippen LogP contribution is 2.28. The molecule has 0 bridgehead atoms. The summed E-state index contributed by atoms with van der Waals surface area (Å²) in [6, 6.07) is 10.8. The molecule has 0 radical (unpaired) electrons. The molecule has 1 unspecified atom stereocenters. The summed E-state index contributed by atoms with van der Waals surface area (Å²) in [6.07, 6.45) is 0. The first-order valence-corrected chi connectivity index (χ1v) is 7.39. The molecule has 0 aliphatic carbocycles. The van der Waals surface area contributed by atoms with Crippen molar-refractivity contribution in [2.45, 2.75) is 5.38 Å². The van der Waals surface area contributed by atoms with E-state index in [9.17, 15) is 9.18 Å². The number of Topliss-reactive ketones (excluding diaryl/α,β-unsaturated/α-hetero) is 1. The van der Waals surface area contributed by atoms with E-state index in [0.29, 0.717) is 11.1 Å². The Morgan fingerprint density at radius 1 is 1.05 bits per heavy atom. The van der Waals surface area contributed by atoms with Crippen LogP contribution in [0.15, 0.2) is 51.4 Å². The standard InChI is InChI=1S/C14H8Br2ClFO/c15-10-5-9(6-11(16)7-10)14(19)13(17)8-1-3-12(18)4-2-8/h1-7,13H. The molecule has 0 aromatic heterocycles. The van der Waals surface area contributed by atoms with Gasteiger partial charge in [0.15, 0.2) is 5.78 Å². The molecule has 1 nitrogen and oxygen atoms in total. The van der Waals surface area contributed by atoms with Gasteiger partial charge in [-0.25, -0.2) is 4.39 Å². The predicted octanol–water partition coefficient (Wildman–Crippen LogP) is 5.51. The molecule has 0 spiro atoms. The quantitative estimate of drug-likeness (QED) is 0.485. The van der Waals surface area contributed by atoms with Gasteiger partial charge in [-0.1, -0.05) is 44.0 Å². The third kappa shape index (κ3) is 3.65. The SMILES string of the molecule is O=C(c1cc(Br)cc(Br)c1)C(Cl)c1ccc(F)cc1. The zero-order valence-corrected chi connectivity index (χ0v) is 13.5. The number of carbonyl (C=O) groups excluding carboxylic acids is 1. The summed E-state index contributed by atoms with van der Waals surface area (Å²) in [5.74, 6) is -0.583. The van der Waals surface area contributed by atoms with Gasteiger partial charge in [0.1, 0.15) is 11.2 Å². The number of ketones is 1. The predicted molar refractivity (Wildman–Crippen MR) is 81.2 cm³/mol. The Kier molecular flexibility index (Phi) is 4.76. The van der Waals surface area contributed by atoms with Gasteiger partial charge >= 0.3 is 0 Å². The zero-order chi connectivity index (χ0) is 14.0. The maximum absolute atomic E-state index is 12.8. The average molecular weight is 406 g/mol. The molecule has 0 heterocycles. The van der Waals surface area contributed by atoms with Crippen LogP contribution in [0.4, 0.5) is 4.39 Å². The van der Waals surface area contributed by atoms with Crippen molar-refractivity contribution in [3.05, 3.63) is 68.4 Å². The molecule has 1 atom stereocenters. The maximum Gasteiger partial charge on any atom is 0.185 e. The van der Waals surface area contributed by atoms with E-state index in [2.05, 4.69) is 31.9 Å². The fourth-order valence-electron chi connectivity index (χ4n) is 1.63. The zero-order valence-electron chi connectivity index (χ0n) is 9.54. The Hall–Kier alpha value is -0.710. The van der Waals surface area contributed by atoms with Gasteiger partial charge in [0.05, 0.1) is 0 Å². The van der Waals surface area contributed by atoms with Crippen LogP contribution in [0.3, 0.4) is 0 Å². The van der Waals surface area contributed by atoms with Crippen LogP contribution in [0.1, 0.15) is 21.3 Å². The highest BCUT2D eigenvalue weighted by atomic mass is 79.9. The van der Waals surface area contributed by atoms with Crippen molar-refractivity contribution >= 4 is 49.2 Å². The van der Waals surface area contributed by atoms with Crippen LogP contribution in [0.25, 0.3) is 0 Å². The first kappa shape index (κ1) is 14.7. The van der Waals surface area contributed by atoms with Gasteiger partial charge < -0.3 is 0 Å². The first-order chi connectivity index (χ1) is 8.97. The average Bonchev–Trinajstić information content (AvgIpc) is 2.37. The summed E-state index contributed by atoms with van der Waals surface area (Å²) in [5, 5.41) is -0.832. The Labute approximate surface area is 132 Å². The molecule has 0 fully saturated rings. The lowest BCUT2D eigenvalue weighted by molar-refractivity contribution is 0.0987. The Morgan fingerprint density at radius 3 is 2.11 bits per heavy atom. The minimum Gasteiger partial charge on any atom is -0.292 e. The molecular weight excluding hydrogens is 398 g/mol. The van der Waals surface area contributed by atoms with E-state index in [1.165, 1.54) is 24.3 Å². The highest BCUT2D eigenvalue weighted by Gasteiger charge is 2.20. The third-order valence-corrected chi connectivity index (χ3v) is 3.91. The molecular formula is C14H8Br2ClFO. The lowest BCUT2D eigenvalue weighted by Crippen LogP contribution is -2.07. The van der Waals surface area contributed by atoms with E-state index < -0.39 is 5.38 Å². The number of hydrogen-bond donors (Lipinski definition) is 0. The summed E-state index contributed by atoms with van der Waals surface area (Å²) in [7, 11) is 0. The van der Waals surface area contributed by atoms with Crippen LogP contribution in [0.2, 0.25) is 0 Å². The van der Waals surface area contributed by atoms with Crippen molar-refractivity contribution in [3.8, 4) is 0 Å². The molecule has 2 aromatic rings. The molecule has 0 amide bonds. The van der Waals surface area contributed by atoms with E-state index in [-0.39, 0.29) is 11.6 Å². The largest absolute Gasteiger partial charge is 0.292 e. The Bertz CT molecular complexity index is 593. The number of rotatable bonds is 3. The van der Waals surface area contributed by atoms with Crippen molar-refractivity contribution < 1.29 is 9.18 Å². The number of benzene rings is 2. The molecule has 2 aromatic carbocycles. The number of carbonyl (C=O) groups is 1. The van der Waals surface area contributed by atoms with E-state index in [0.717, 1.165) is 8.95 Å². The minimum atomic E-state index is -0.832. The summed E-state index contributed by atoms with van der Waals surface area (Å²) in [6.45, 7) is 0. The Morgan fingerprint density at radius 2 is 1.58 bits per heavy atom. The summed E-state index contributed by atoms with van der Waals surface area (Å²) < 4.78 is 14.4. The van der Waals surface area contributed by atoms with E-state index >= 15 is 0 Å². The second kappa shape index (κ2) is 6.16. The fourth-order valence-corrected chi connectivity index (χ4v) is 3.19. The van der Waals surface area contributed by atoms with E-state index in [1.54, 1.807) is 12.1 Å². The van der Waals surface area contributed by atoms with Gasteiger partial charge in [0.2, 0.25) is 0 Å². The number of halogens is 4. The lowest BCUT2D eigenvalue weighted by Gasteiger charge is -2.10. The normalized spacial score (nSPS) is 12.2. The van der Waals surface area contributed by atoms with Gasteiger partial charge in [-0.05, 0) is 35.9 Å². The molecule has 0 N–H and O–H groups in total. The summed E-state index contributed by atoms with van der Waals surface area (Å²) >= 11 is 12.8. The summed E-state index contributed by atoms with van der Waals surface area (Å²) in [4.78, 5) is 12.3. The molecule has 0 saturated carbocycles. The van der Waals surface area contributed by atoms with Gasteiger partial charge in [0, 0.05) is 14.5 Å². The second-order valence-electron chi connectivity index (χ2n) is 3.94. The van der Waals surface area contributed by atoms with Crippen LogP contribution in [-0.4, -0.2) is 5.78 Å². The minimum absolute atomic E-state index is 0.227. The lowest BCUT2D eigenvalue weighted by atomic mass is 10.0. The van der Waals surface area contributed by atoms with Crippen LogP contribution < -0.4 is 0 Å². The van der Waals surface area contributed by atoms with Crippen molar-refractivity contribution in [3.63, 3.8) is 0 Å². The van der Waals surface area contributed by atoms with Crippen molar-refractivity contribution in [2.75, 3.05) is 0 Å². The smallest absolute Gasteiger partial charge is 0.185 e. The van der Waals surface area contributed by atoms with Crippen LogP contribution in [0, 0.1) is 5.82 Å². The van der Waals surface area contributed by atoms with E-state index in [1.807, 2.05) is 6.07 Å². The topological polar surface area (TPSA) is 17.1 Å². The van der Waals surface area contributed by atoms with Crippen LogP contribution in [-0.2, 0) is 0 Å². The third-order valence-electron chi connectivity index (χ3n) is 2.54. The van der Waals surface area contributed by atoms with Gasteiger partial charge in [-0.3, -0.25) is 4.79 Å². The number of alkyl halides is 1. The molecule has 98 valence electrons. The highest BCUT2D eigenvalue weighted by molar-refractivity contribution is 9.11. The molecule has 0 saturated heterocycles. The van der Waals surface area contributed by atoms with Crippen LogP contribution in [0.5, 0.6) is 0 Å². The monoisotopic (exact) mass is 404 g/mol. The summed E-state index contributed by atoms with van der Waals surface area (Å²) in [5.41, 5.74) is 1.06. The number of hydrogen-bond acceptors (Lipinski definition) is 1. The van der Waals surface area contributed by atoms with E-state index in [4.69, 9.17) is 11.6 Å². The van der Waals surface area contributed by atoms with Crippen molar-refractivity contribution in [1.82, 2.24) is 0 Å². The maximum atomic E-state index is 12.8. The van der Waals surface area contributed by atoms with Crippen molar-refractivity contribution in [2.24, 2.45) is 0 Å². The van der Waals surface area contributed by atoms with Gasteiger partial charge in [-0.2, -0.15) is 0 Å². The van der Waals surface area contributed by atoms with Crippen LogP contribution >= 0.6 is 43.5 Å².